The maximum absolute atomic E-state index is 13.2. The number of piperidine rings is 2. The molecule has 1 N–H and O–H groups in total. The minimum absolute atomic E-state index is 0.104. The smallest absolute Gasteiger partial charge is 0.317 e. The molecule has 2 saturated heterocycles. The number of ether oxygens (including phenoxy) is 2. The van der Waals surface area contributed by atoms with Crippen molar-refractivity contribution in [3.63, 3.8) is 0 Å². The average Bonchev–Trinajstić information content (AvgIpc) is 2.86. The number of fused-ring (bicyclic) bond motifs is 5. The third kappa shape index (κ3) is 4.05. The van der Waals surface area contributed by atoms with Crippen molar-refractivity contribution in [3.8, 4) is 11.5 Å². The van der Waals surface area contributed by atoms with E-state index in [0.29, 0.717) is 37.8 Å². The van der Waals surface area contributed by atoms with Crippen LogP contribution in [0.4, 0.5) is 4.79 Å². The van der Waals surface area contributed by atoms with Gasteiger partial charge in [0.05, 0.1) is 0 Å². The largest absolute Gasteiger partial charge is 0.486 e. The van der Waals surface area contributed by atoms with Crippen LogP contribution in [-0.2, 0) is 12.8 Å². The molecule has 3 atom stereocenters. The SMILES string of the molecule is O=C(NCCc1ccccc1)N1CCC[C@H]2CN3CCc4cc5c(cc4[C@H]3C[C@H]21)OCCO5. The molecule has 0 saturated carbocycles. The maximum Gasteiger partial charge on any atom is 0.317 e. The van der Waals surface area contributed by atoms with Gasteiger partial charge in [-0.25, -0.2) is 4.79 Å². The summed E-state index contributed by atoms with van der Waals surface area (Å²) in [6.07, 6.45) is 5.25. The highest BCUT2D eigenvalue weighted by Gasteiger charge is 2.44. The van der Waals surface area contributed by atoms with Gasteiger partial charge in [-0.3, -0.25) is 4.90 Å². The predicted molar refractivity (Wildman–Crippen MR) is 127 cm³/mol. The van der Waals surface area contributed by atoms with Crippen molar-refractivity contribution in [2.45, 2.75) is 44.2 Å². The third-order valence-electron chi connectivity index (χ3n) is 7.92. The van der Waals surface area contributed by atoms with Crippen molar-refractivity contribution >= 4 is 6.03 Å². The molecule has 2 aromatic rings. The van der Waals surface area contributed by atoms with Crippen LogP contribution in [0.3, 0.4) is 0 Å². The van der Waals surface area contributed by atoms with Gasteiger partial charge in [-0.05, 0) is 66.8 Å². The van der Waals surface area contributed by atoms with E-state index in [-0.39, 0.29) is 6.03 Å². The van der Waals surface area contributed by atoms with Gasteiger partial charge in [-0.2, -0.15) is 0 Å². The lowest BCUT2D eigenvalue weighted by atomic mass is 9.76. The minimum Gasteiger partial charge on any atom is -0.486 e. The van der Waals surface area contributed by atoms with Gasteiger partial charge in [0.1, 0.15) is 13.2 Å². The molecule has 4 aliphatic heterocycles. The van der Waals surface area contributed by atoms with Crippen molar-refractivity contribution in [2.75, 3.05) is 39.4 Å². The third-order valence-corrected chi connectivity index (χ3v) is 7.92. The molecule has 174 valence electrons. The fourth-order valence-electron chi connectivity index (χ4n) is 6.30. The van der Waals surface area contributed by atoms with Crippen LogP contribution in [0.15, 0.2) is 42.5 Å². The molecular weight excluding hydrogens is 414 g/mol. The molecule has 0 bridgehead atoms. The Hall–Kier alpha value is -2.73. The summed E-state index contributed by atoms with van der Waals surface area (Å²) in [5, 5.41) is 3.20. The zero-order valence-corrected chi connectivity index (χ0v) is 19.2. The first-order valence-electron chi connectivity index (χ1n) is 12.5. The second kappa shape index (κ2) is 8.90. The highest BCUT2D eigenvalue weighted by Crippen LogP contribution is 2.46. The van der Waals surface area contributed by atoms with Crippen LogP contribution in [0.1, 0.15) is 42.0 Å². The van der Waals surface area contributed by atoms with Crippen molar-refractivity contribution in [1.82, 2.24) is 15.1 Å². The van der Waals surface area contributed by atoms with E-state index in [4.69, 9.17) is 9.47 Å². The lowest BCUT2D eigenvalue weighted by Crippen LogP contribution is -2.59. The Bertz CT molecular complexity index is 1010. The Labute approximate surface area is 195 Å². The minimum atomic E-state index is 0.104. The second-order valence-electron chi connectivity index (χ2n) is 9.82. The van der Waals surface area contributed by atoms with Gasteiger partial charge >= 0.3 is 6.03 Å². The fraction of sp³-hybridized carbons (Fsp3) is 0.519. The maximum atomic E-state index is 13.2. The molecule has 33 heavy (non-hydrogen) atoms. The molecule has 6 nitrogen and oxygen atoms in total. The molecule has 0 spiro atoms. The van der Waals surface area contributed by atoms with E-state index in [1.807, 2.05) is 6.07 Å². The van der Waals surface area contributed by atoms with E-state index in [1.165, 1.54) is 23.1 Å². The summed E-state index contributed by atoms with van der Waals surface area (Å²) < 4.78 is 11.7. The van der Waals surface area contributed by atoms with Gasteiger partial charge in [0.25, 0.3) is 0 Å². The van der Waals surface area contributed by atoms with Gasteiger partial charge in [0.2, 0.25) is 0 Å². The molecule has 4 aliphatic rings. The number of rotatable bonds is 3. The number of nitrogens with zero attached hydrogens (tertiary/aromatic N) is 2. The van der Waals surface area contributed by atoms with E-state index in [0.717, 1.165) is 56.8 Å². The first-order valence-corrected chi connectivity index (χ1v) is 12.5. The number of hydrogen-bond donors (Lipinski definition) is 1. The number of benzene rings is 2. The monoisotopic (exact) mass is 447 g/mol. The molecule has 2 fully saturated rings. The molecule has 0 unspecified atom stereocenters. The number of nitrogens with one attached hydrogen (secondary N) is 1. The molecular formula is C27H33N3O3. The molecule has 6 heteroatoms. The summed E-state index contributed by atoms with van der Waals surface area (Å²) in [5.74, 6) is 2.33. The van der Waals surface area contributed by atoms with Gasteiger partial charge in [0, 0.05) is 38.3 Å². The van der Waals surface area contributed by atoms with E-state index in [2.05, 4.69) is 51.5 Å². The fourth-order valence-corrected chi connectivity index (χ4v) is 6.30. The number of carbonyl (C=O) groups excluding carboxylic acids is 1. The molecule has 4 heterocycles. The van der Waals surface area contributed by atoms with Crippen molar-refractivity contribution in [2.24, 2.45) is 5.92 Å². The first-order chi connectivity index (χ1) is 16.3. The normalized spacial score (nSPS) is 26.1. The van der Waals surface area contributed by atoms with Gasteiger partial charge in [-0.15, -0.1) is 0 Å². The molecule has 0 aliphatic carbocycles. The van der Waals surface area contributed by atoms with Crippen LogP contribution < -0.4 is 14.8 Å². The van der Waals surface area contributed by atoms with E-state index < -0.39 is 0 Å². The Morgan fingerprint density at radius 1 is 1.06 bits per heavy atom. The number of carbonyl (C=O) groups is 1. The zero-order chi connectivity index (χ0) is 22.2. The van der Waals surface area contributed by atoms with Crippen LogP contribution in [0.2, 0.25) is 0 Å². The number of amides is 2. The number of likely N-dealkylation sites (tertiary alicyclic amines) is 1. The highest BCUT2D eigenvalue weighted by atomic mass is 16.6. The predicted octanol–water partition coefficient (Wildman–Crippen LogP) is 3.79. The average molecular weight is 448 g/mol. The summed E-state index contributed by atoms with van der Waals surface area (Å²) in [4.78, 5) is 18.0. The quantitative estimate of drug-likeness (QED) is 0.778. The lowest BCUT2D eigenvalue weighted by Gasteiger charge is -2.52. The topological polar surface area (TPSA) is 54.0 Å². The summed E-state index contributed by atoms with van der Waals surface area (Å²) in [6, 6.07) is 15.5. The molecule has 6 rings (SSSR count). The van der Waals surface area contributed by atoms with Gasteiger partial charge < -0.3 is 19.7 Å². The summed E-state index contributed by atoms with van der Waals surface area (Å²) in [7, 11) is 0. The number of hydrogen-bond acceptors (Lipinski definition) is 4. The van der Waals surface area contributed by atoms with Crippen molar-refractivity contribution in [1.29, 1.82) is 0 Å². The van der Waals surface area contributed by atoms with Crippen LogP contribution in [0.5, 0.6) is 11.5 Å². The van der Waals surface area contributed by atoms with Crippen LogP contribution >= 0.6 is 0 Å². The van der Waals surface area contributed by atoms with Crippen LogP contribution in [0.25, 0.3) is 0 Å². The molecule has 0 radical (unpaired) electrons. The summed E-state index contributed by atoms with van der Waals surface area (Å²) in [6.45, 7) is 4.94. The molecule has 0 aromatic heterocycles. The number of urea groups is 1. The van der Waals surface area contributed by atoms with Crippen LogP contribution in [0, 0.1) is 5.92 Å². The van der Waals surface area contributed by atoms with Crippen LogP contribution in [-0.4, -0.2) is 61.3 Å². The Kier molecular flexibility index (Phi) is 5.62. The van der Waals surface area contributed by atoms with Gasteiger partial charge in [-0.1, -0.05) is 30.3 Å². The molecule has 2 amide bonds. The Morgan fingerprint density at radius 2 is 1.88 bits per heavy atom. The standard InChI is InChI=1S/C27H33N3O3/c31-27(28-10-8-19-5-2-1-3-6-19)30-11-4-7-21-18-29-12-9-20-15-25-26(33-14-13-32-25)16-22(20)24(29)17-23(21)30/h1-3,5-6,15-16,21,23-24H,4,7-14,17-18H2,(H,28,31)/t21-,23+,24+/m0/s1. The van der Waals surface area contributed by atoms with Crippen molar-refractivity contribution < 1.29 is 14.3 Å². The van der Waals surface area contributed by atoms with Crippen molar-refractivity contribution in [3.05, 3.63) is 59.2 Å². The highest BCUT2D eigenvalue weighted by molar-refractivity contribution is 5.74. The van der Waals surface area contributed by atoms with E-state index in [9.17, 15) is 4.79 Å². The summed E-state index contributed by atoms with van der Waals surface area (Å²) in [5.41, 5.74) is 4.02. The van der Waals surface area contributed by atoms with E-state index in [1.54, 1.807) is 0 Å². The lowest BCUT2D eigenvalue weighted by molar-refractivity contribution is 0.00556. The second-order valence-corrected chi connectivity index (χ2v) is 9.82. The molecule has 2 aromatic carbocycles. The first kappa shape index (κ1) is 20.8. The van der Waals surface area contributed by atoms with Gasteiger partial charge in [0.15, 0.2) is 11.5 Å². The Morgan fingerprint density at radius 3 is 2.73 bits per heavy atom. The van der Waals surface area contributed by atoms with E-state index >= 15 is 0 Å². The Balaban J connectivity index is 1.17. The summed E-state index contributed by atoms with van der Waals surface area (Å²) >= 11 is 0. The zero-order valence-electron chi connectivity index (χ0n) is 19.2.